The van der Waals surface area contributed by atoms with Crippen molar-refractivity contribution in [3.05, 3.63) is 55.1 Å². The Morgan fingerprint density at radius 2 is 2.06 bits per heavy atom. The molecule has 0 aliphatic carbocycles. The summed E-state index contributed by atoms with van der Waals surface area (Å²) in [6.07, 6.45) is 0.663. The van der Waals surface area contributed by atoms with Crippen LogP contribution < -0.4 is 5.56 Å². The number of thiophene rings is 1. The van der Waals surface area contributed by atoms with Crippen LogP contribution in [-0.4, -0.2) is 36.3 Å². The number of halogens is 1. The lowest BCUT2D eigenvalue weighted by atomic mass is 9.94. The van der Waals surface area contributed by atoms with Crippen LogP contribution in [0.4, 0.5) is 0 Å². The standard InChI is InChI=1S/C21H19BrN4O3S2/c1-21(2)8-13-15(9-29-21)31-17-16(13)18(28)26-19(23-17)25(3)24-20(26)30-10-14(27)11-4-6-12(22)7-5-11/h4-7H,8-10H2,1-3H3. The van der Waals surface area contributed by atoms with E-state index in [0.717, 1.165) is 14.9 Å². The molecule has 4 heterocycles. The zero-order chi connectivity index (χ0) is 21.9. The minimum absolute atomic E-state index is 0.0230. The van der Waals surface area contributed by atoms with E-state index < -0.39 is 0 Å². The number of Topliss-reactive ketones (excluding diaryl/α,β-unsaturated/α-hetero) is 1. The molecule has 160 valence electrons. The molecule has 0 radical (unpaired) electrons. The zero-order valence-electron chi connectivity index (χ0n) is 17.1. The van der Waals surface area contributed by atoms with Crippen molar-refractivity contribution in [3.63, 3.8) is 0 Å². The number of nitrogens with zero attached hydrogens (tertiary/aromatic N) is 4. The Morgan fingerprint density at radius 1 is 1.32 bits per heavy atom. The summed E-state index contributed by atoms with van der Waals surface area (Å²) in [6.45, 7) is 4.55. The average molecular weight is 519 g/mol. The highest BCUT2D eigenvalue weighted by Crippen LogP contribution is 2.37. The van der Waals surface area contributed by atoms with Gasteiger partial charge < -0.3 is 4.74 Å². The van der Waals surface area contributed by atoms with Crippen LogP contribution in [0.2, 0.25) is 0 Å². The summed E-state index contributed by atoms with van der Waals surface area (Å²) < 4.78 is 9.95. The molecule has 1 aliphatic heterocycles. The number of rotatable bonds is 4. The Kier molecular flexibility index (Phi) is 5.08. The predicted molar refractivity (Wildman–Crippen MR) is 125 cm³/mol. The lowest BCUT2D eigenvalue weighted by molar-refractivity contribution is -0.0379. The predicted octanol–water partition coefficient (Wildman–Crippen LogP) is 4.23. The summed E-state index contributed by atoms with van der Waals surface area (Å²) in [5.41, 5.74) is 1.19. The van der Waals surface area contributed by atoms with Crippen molar-refractivity contribution in [1.29, 1.82) is 0 Å². The SMILES string of the molecule is Cn1nc(SCC(=O)c2ccc(Br)cc2)n2c(=O)c3c4c(sc3nc12)COC(C)(C)C4. The summed E-state index contributed by atoms with van der Waals surface area (Å²) in [5, 5.41) is 5.58. The zero-order valence-corrected chi connectivity index (χ0v) is 20.4. The Bertz CT molecular complexity index is 1400. The smallest absolute Gasteiger partial charge is 0.270 e. The third-order valence-electron chi connectivity index (χ3n) is 5.30. The van der Waals surface area contributed by atoms with Crippen LogP contribution in [0.1, 0.15) is 34.6 Å². The number of aryl methyl sites for hydroxylation is 1. The number of hydrogen-bond donors (Lipinski definition) is 0. The summed E-state index contributed by atoms with van der Waals surface area (Å²) in [6, 6.07) is 7.23. The van der Waals surface area contributed by atoms with Gasteiger partial charge in [-0.15, -0.1) is 16.4 Å². The molecule has 10 heteroatoms. The number of hydrogen-bond acceptors (Lipinski definition) is 7. The van der Waals surface area contributed by atoms with Crippen LogP contribution in [0.3, 0.4) is 0 Å². The molecule has 0 saturated carbocycles. The van der Waals surface area contributed by atoms with Gasteiger partial charge in [0.15, 0.2) is 10.9 Å². The quantitative estimate of drug-likeness (QED) is 0.297. The normalized spacial score (nSPS) is 15.5. The molecule has 0 N–H and O–H groups in total. The van der Waals surface area contributed by atoms with Gasteiger partial charge in [-0.05, 0) is 31.5 Å². The second kappa shape index (κ2) is 7.54. The number of carbonyl (C=O) groups excluding carboxylic acids is 1. The molecule has 7 nitrogen and oxygen atoms in total. The maximum Gasteiger partial charge on any atom is 0.270 e. The molecular formula is C21H19BrN4O3S2. The Morgan fingerprint density at radius 3 is 2.81 bits per heavy atom. The number of thioether (sulfide) groups is 1. The fraction of sp³-hybridized carbons (Fsp3) is 0.333. The van der Waals surface area contributed by atoms with E-state index in [9.17, 15) is 9.59 Å². The molecule has 0 atom stereocenters. The van der Waals surface area contributed by atoms with E-state index in [1.807, 2.05) is 26.0 Å². The summed E-state index contributed by atoms with van der Waals surface area (Å²) in [5.74, 6) is 0.626. The Hall–Kier alpha value is -2.01. The monoisotopic (exact) mass is 518 g/mol. The van der Waals surface area contributed by atoms with Crippen molar-refractivity contribution in [2.24, 2.45) is 7.05 Å². The van der Waals surface area contributed by atoms with Gasteiger partial charge in [-0.3, -0.25) is 9.59 Å². The van der Waals surface area contributed by atoms with Gasteiger partial charge in [0.2, 0.25) is 5.78 Å². The van der Waals surface area contributed by atoms with Crippen molar-refractivity contribution in [2.45, 2.75) is 37.6 Å². The molecule has 1 aliphatic rings. The Labute approximate surface area is 194 Å². The van der Waals surface area contributed by atoms with Crippen molar-refractivity contribution >= 4 is 60.8 Å². The van der Waals surface area contributed by atoms with Crippen LogP contribution in [0.5, 0.6) is 0 Å². The van der Waals surface area contributed by atoms with Gasteiger partial charge in [0.05, 0.1) is 23.3 Å². The third-order valence-corrected chi connectivity index (χ3v) is 7.86. The number of carbonyl (C=O) groups is 1. The van der Waals surface area contributed by atoms with E-state index in [1.54, 1.807) is 23.9 Å². The largest absolute Gasteiger partial charge is 0.370 e. The van der Waals surface area contributed by atoms with E-state index in [-0.39, 0.29) is 22.7 Å². The lowest BCUT2D eigenvalue weighted by Gasteiger charge is -2.29. The Balaban J connectivity index is 1.56. The molecule has 0 spiro atoms. The van der Waals surface area contributed by atoms with E-state index >= 15 is 0 Å². The molecule has 31 heavy (non-hydrogen) atoms. The first-order valence-corrected chi connectivity index (χ1v) is 12.3. The highest BCUT2D eigenvalue weighted by atomic mass is 79.9. The molecule has 0 fully saturated rings. The van der Waals surface area contributed by atoms with Gasteiger partial charge in [-0.1, -0.05) is 39.8 Å². The number of ether oxygens (including phenoxy) is 1. The minimum Gasteiger partial charge on any atom is -0.370 e. The highest BCUT2D eigenvalue weighted by Gasteiger charge is 2.31. The summed E-state index contributed by atoms with van der Waals surface area (Å²) in [7, 11) is 1.76. The number of ketones is 1. The fourth-order valence-corrected chi connectivity index (χ4v) is 5.99. The first-order chi connectivity index (χ1) is 14.7. The first-order valence-electron chi connectivity index (χ1n) is 9.69. The van der Waals surface area contributed by atoms with Crippen molar-refractivity contribution in [3.8, 4) is 0 Å². The fourth-order valence-electron chi connectivity index (χ4n) is 3.73. The molecule has 1 aromatic carbocycles. The maximum absolute atomic E-state index is 13.6. The molecular weight excluding hydrogens is 500 g/mol. The van der Waals surface area contributed by atoms with E-state index in [2.05, 4.69) is 21.0 Å². The molecule has 5 rings (SSSR count). The summed E-state index contributed by atoms with van der Waals surface area (Å²) >= 11 is 6.13. The van der Waals surface area contributed by atoms with Gasteiger partial charge in [-0.25, -0.2) is 14.1 Å². The topological polar surface area (TPSA) is 78.5 Å². The average Bonchev–Trinajstić information content (AvgIpc) is 3.23. The van der Waals surface area contributed by atoms with Crippen molar-refractivity contribution in [2.75, 3.05) is 5.75 Å². The number of benzene rings is 1. The second-order valence-corrected chi connectivity index (χ2v) is 11.0. The molecule has 0 amide bonds. The lowest BCUT2D eigenvalue weighted by Crippen LogP contribution is -2.31. The van der Waals surface area contributed by atoms with E-state index in [4.69, 9.17) is 9.72 Å². The second-order valence-electron chi connectivity index (χ2n) is 8.09. The third kappa shape index (κ3) is 3.65. The number of fused-ring (bicyclic) bond motifs is 4. The van der Waals surface area contributed by atoms with Crippen LogP contribution >= 0.6 is 39.0 Å². The van der Waals surface area contributed by atoms with Crippen molar-refractivity contribution < 1.29 is 9.53 Å². The van der Waals surface area contributed by atoms with Gasteiger partial charge in [0.1, 0.15) is 4.83 Å². The van der Waals surface area contributed by atoms with Crippen LogP contribution in [-0.2, 0) is 24.8 Å². The molecule has 3 aromatic heterocycles. The van der Waals surface area contributed by atoms with Crippen molar-refractivity contribution in [1.82, 2.24) is 19.2 Å². The molecule has 0 bridgehead atoms. The van der Waals surface area contributed by atoms with E-state index in [1.165, 1.54) is 27.5 Å². The molecule has 0 saturated heterocycles. The molecule has 4 aromatic rings. The van der Waals surface area contributed by atoms with Crippen LogP contribution in [0.25, 0.3) is 16.0 Å². The van der Waals surface area contributed by atoms with Gasteiger partial charge in [0.25, 0.3) is 5.56 Å². The van der Waals surface area contributed by atoms with Gasteiger partial charge in [0, 0.05) is 28.4 Å². The van der Waals surface area contributed by atoms with Gasteiger partial charge >= 0.3 is 0 Å². The van der Waals surface area contributed by atoms with E-state index in [0.29, 0.717) is 39.7 Å². The first kappa shape index (κ1) is 20.9. The van der Waals surface area contributed by atoms with Crippen LogP contribution in [0.15, 0.2) is 38.7 Å². The number of aromatic nitrogens is 4. The summed E-state index contributed by atoms with van der Waals surface area (Å²) in [4.78, 5) is 32.7. The molecule has 0 unspecified atom stereocenters. The maximum atomic E-state index is 13.6. The highest BCUT2D eigenvalue weighted by molar-refractivity contribution is 9.10. The minimum atomic E-state index is -0.323. The van der Waals surface area contributed by atoms with Gasteiger partial charge in [-0.2, -0.15) is 0 Å². The van der Waals surface area contributed by atoms with Crippen LogP contribution in [0, 0.1) is 0 Å².